The van der Waals surface area contributed by atoms with Gasteiger partial charge in [0.1, 0.15) is 0 Å². The Hall–Kier alpha value is -0.930. The summed E-state index contributed by atoms with van der Waals surface area (Å²) in [7, 11) is 0. The van der Waals surface area contributed by atoms with Crippen molar-refractivity contribution in [2.75, 3.05) is 6.54 Å². The van der Waals surface area contributed by atoms with Gasteiger partial charge in [0.2, 0.25) is 0 Å². The van der Waals surface area contributed by atoms with Gasteiger partial charge in [-0.15, -0.1) is 0 Å². The summed E-state index contributed by atoms with van der Waals surface area (Å²) in [5.41, 5.74) is 0.825. The molecule has 0 aromatic heterocycles. The van der Waals surface area contributed by atoms with Gasteiger partial charge in [0.25, 0.3) is 0 Å². The molecule has 0 aliphatic heterocycles. The van der Waals surface area contributed by atoms with Crippen molar-refractivity contribution in [3.8, 4) is 0 Å². The third kappa shape index (κ3) is 11.1. The smallest absolute Gasteiger partial charge is 0.0699 e. The van der Waals surface area contributed by atoms with E-state index < -0.39 is 0 Å². The lowest BCUT2D eigenvalue weighted by atomic mass is 10.1. The topological polar surface area (TPSA) is 44.6 Å². The van der Waals surface area contributed by atoms with Gasteiger partial charge in [-0.1, -0.05) is 12.7 Å². The first-order valence-corrected chi connectivity index (χ1v) is 5.59. The summed E-state index contributed by atoms with van der Waals surface area (Å²) in [6.07, 6.45) is 5.70. The predicted octanol–water partition coefficient (Wildman–Crippen LogP) is 2.29. The van der Waals surface area contributed by atoms with Crippen molar-refractivity contribution in [2.45, 2.75) is 45.8 Å². The van der Waals surface area contributed by atoms with Gasteiger partial charge < -0.3 is 10.4 Å². The number of β-amino-alcohol motifs (C(OH)–C–C–N with tert-alkyl or cyclic N) is 1. The largest absolute Gasteiger partial charge is 0.391 e. The fraction of sp³-hybridized carbons (Fsp3) is 0.615. The summed E-state index contributed by atoms with van der Waals surface area (Å²) in [6, 6.07) is 0. The highest BCUT2D eigenvalue weighted by Gasteiger charge is 2.10. The molecule has 2 N–H and O–H groups in total. The Kier molecular flexibility index (Phi) is 6.93. The molecule has 3 nitrogen and oxygen atoms in total. The first kappa shape index (κ1) is 15.1. The number of hydrogen-bond acceptors (Lipinski definition) is 3. The Morgan fingerprint density at radius 1 is 1.50 bits per heavy atom. The molecule has 0 saturated carbocycles. The molecule has 0 aromatic rings. The third-order valence-electron chi connectivity index (χ3n) is 1.79. The Labute approximate surface area is 99.0 Å². The van der Waals surface area contributed by atoms with Crippen LogP contribution >= 0.6 is 0 Å². The summed E-state index contributed by atoms with van der Waals surface area (Å²) in [6.45, 7) is 12.3. The molecule has 3 heteroatoms. The van der Waals surface area contributed by atoms with Crippen molar-refractivity contribution in [1.82, 2.24) is 5.32 Å². The number of aliphatic imine (C=N–C) groups is 1. The first-order valence-electron chi connectivity index (χ1n) is 5.59. The SMILES string of the molecule is C=C(C)N=C/C=C\CC(O)CNC(C)(C)C. The summed E-state index contributed by atoms with van der Waals surface area (Å²) in [5.74, 6) is 0. The van der Waals surface area contributed by atoms with Crippen molar-refractivity contribution < 1.29 is 5.11 Å². The van der Waals surface area contributed by atoms with Crippen LogP contribution in [0.2, 0.25) is 0 Å². The number of aliphatic hydroxyl groups is 1. The van der Waals surface area contributed by atoms with E-state index in [-0.39, 0.29) is 11.6 Å². The minimum absolute atomic E-state index is 0.0477. The molecular weight excluding hydrogens is 200 g/mol. The molecule has 0 aliphatic rings. The standard InChI is InChI=1S/C13H24N2O/c1-11(2)14-9-7-6-8-12(16)10-15-13(3,4)5/h6-7,9,12,15-16H,1,8,10H2,2-5H3/b7-6-,14-9?. The second-order valence-corrected chi connectivity index (χ2v) is 4.96. The van der Waals surface area contributed by atoms with Gasteiger partial charge in [0.05, 0.1) is 6.10 Å². The number of rotatable bonds is 6. The van der Waals surface area contributed by atoms with Crippen LogP contribution in [0.25, 0.3) is 0 Å². The number of nitrogens with zero attached hydrogens (tertiary/aromatic N) is 1. The summed E-state index contributed by atoms with van der Waals surface area (Å²) in [5, 5.41) is 12.9. The molecule has 0 fully saturated rings. The second kappa shape index (κ2) is 7.36. The van der Waals surface area contributed by atoms with Gasteiger partial charge in [-0.3, -0.25) is 4.99 Å². The Bertz CT molecular complexity index is 262. The Morgan fingerprint density at radius 2 is 2.12 bits per heavy atom. The van der Waals surface area contributed by atoms with Gasteiger partial charge in [-0.25, -0.2) is 0 Å². The number of allylic oxidation sites excluding steroid dienone is 2. The van der Waals surface area contributed by atoms with Crippen LogP contribution in [-0.4, -0.2) is 29.5 Å². The molecule has 0 spiro atoms. The van der Waals surface area contributed by atoms with Crippen LogP contribution < -0.4 is 5.32 Å². The first-order chi connectivity index (χ1) is 7.31. The van der Waals surface area contributed by atoms with Crippen molar-refractivity contribution in [3.63, 3.8) is 0 Å². The predicted molar refractivity (Wildman–Crippen MR) is 70.8 cm³/mol. The summed E-state index contributed by atoms with van der Waals surface area (Å²) in [4.78, 5) is 4.00. The molecule has 0 rings (SSSR count). The maximum atomic E-state index is 9.65. The van der Waals surface area contributed by atoms with E-state index in [9.17, 15) is 5.11 Å². The molecular formula is C13H24N2O. The van der Waals surface area contributed by atoms with Crippen molar-refractivity contribution in [3.05, 3.63) is 24.4 Å². The normalized spacial score (nSPS) is 14.8. The zero-order valence-corrected chi connectivity index (χ0v) is 10.8. The minimum Gasteiger partial charge on any atom is -0.391 e. The lowest BCUT2D eigenvalue weighted by Crippen LogP contribution is -2.40. The van der Waals surface area contributed by atoms with E-state index in [1.165, 1.54) is 0 Å². The Balaban J connectivity index is 3.73. The van der Waals surface area contributed by atoms with Gasteiger partial charge in [0, 0.05) is 24.0 Å². The average molecular weight is 224 g/mol. The fourth-order valence-electron chi connectivity index (χ4n) is 0.974. The van der Waals surface area contributed by atoms with Crippen molar-refractivity contribution >= 4 is 6.21 Å². The lowest BCUT2D eigenvalue weighted by Gasteiger charge is -2.22. The van der Waals surface area contributed by atoms with Crippen LogP contribution in [0.4, 0.5) is 0 Å². The van der Waals surface area contributed by atoms with Crippen molar-refractivity contribution in [2.24, 2.45) is 4.99 Å². The monoisotopic (exact) mass is 224 g/mol. The third-order valence-corrected chi connectivity index (χ3v) is 1.79. The van der Waals surface area contributed by atoms with Crippen LogP contribution in [0, 0.1) is 0 Å². The number of aliphatic hydroxyl groups excluding tert-OH is 1. The second-order valence-electron chi connectivity index (χ2n) is 4.96. The van der Waals surface area contributed by atoms with E-state index in [0.717, 1.165) is 5.70 Å². The molecule has 0 radical (unpaired) electrons. The van der Waals surface area contributed by atoms with E-state index >= 15 is 0 Å². The maximum absolute atomic E-state index is 9.65. The highest BCUT2D eigenvalue weighted by molar-refractivity contribution is 5.71. The van der Waals surface area contributed by atoms with Crippen LogP contribution in [0.5, 0.6) is 0 Å². The highest BCUT2D eigenvalue weighted by Crippen LogP contribution is 2.00. The average Bonchev–Trinajstić information content (AvgIpc) is 2.12. The summed E-state index contributed by atoms with van der Waals surface area (Å²) >= 11 is 0. The Morgan fingerprint density at radius 3 is 2.62 bits per heavy atom. The zero-order valence-electron chi connectivity index (χ0n) is 10.8. The molecule has 0 aliphatic carbocycles. The van der Waals surface area contributed by atoms with Gasteiger partial charge >= 0.3 is 0 Å². The highest BCUT2D eigenvalue weighted by atomic mass is 16.3. The van der Waals surface area contributed by atoms with Gasteiger partial charge in [-0.2, -0.15) is 0 Å². The van der Waals surface area contributed by atoms with Crippen molar-refractivity contribution in [1.29, 1.82) is 0 Å². The molecule has 0 aromatic carbocycles. The van der Waals surface area contributed by atoms with E-state index in [1.54, 1.807) is 6.21 Å². The molecule has 0 heterocycles. The van der Waals surface area contributed by atoms with Crippen LogP contribution in [-0.2, 0) is 0 Å². The van der Waals surface area contributed by atoms with Crippen LogP contribution in [0.1, 0.15) is 34.1 Å². The molecule has 92 valence electrons. The van der Waals surface area contributed by atoms with E-state index in [1.807, 2.05) is 19.1 Å². The quantitative estimate of drug-likeness (QED) is 0.680. The van der Waals surface area contributed by atoms with Crippen LogP contribution in [0.3, 0.4) is 0 Å². The maximum Gasteiger partial charge on any atom is 0.0699 e. The molecule has 0 amide bonds. The summed E-state index contributed by atoms with van der Waals surface area (Å²) < 4.78 is 0. The molecule has 1 atom stereocenters. The van der Waals surface area contributed by atoms with Gasteiger partial charge in [-0.05, 0) is 40.2 Å². The van der Waals surface area contributed by atoms with Crippen LogP contribution in [0.15, 0.2) is 29.4 Å². The zero-order chi connectivity index (χ0) is 12.6. The van der Waals surface area contributed by atoms with E-state index in [2.05, 4.69) is 37.7 Å². The molecule has 0 saturated heterocycles. The molecule has 0 bridgehead atoms. The van der Waals surface area contributed by atoms with Gasteiger partial charge in [0.15, 0.2) is 0 Å². The van der Waals surface area contributed by atoms with E-state index in [4.69, 9.17) is 0 Å². The minimum atomic E-state index is -0.353. The lowest BCUT2D eigenvalue weighted by molar-refractivity contribution is 0.163. The molecule has 1 unspecified atom stereocenters. The molecule has 16 heavy (non-hydrogen) atoms. The number of hydrogen-bond donors (Lipinski definition) is 2. The van der Waals surface area contributed by atoms with E-state index in [0.29, 0.717) is 13.0 Å². The fourth-order valence-corrected chi connectivity index (χ4v) is 0.974. The number of nitrogens with one attached hydrogen (secondary N) is 1.